The van der Waals surface area contributed by atoms with E-state index in [1.807, 2.05) is 6.07 Å². The minimum absolute atomic E-state index is 0.211. The molecular weight excluding hydrogens is 142 g/mol. The molecule has 0 aliphatic carbocycles. The highest BCUT2D eigenvalue weighted by atomic mass is 16.5. The summed E-state index contributed by atoms with van der Waals surface area (Å²) in [6.07, 6.45) is 3.94. The van der Waals surface area contributed by atoms with E-state index in [2.05, 4.69) is 11.1 Å². The van der Waals surface area contributed by atoms with Crippen LogP contribution in [0.25, 0.3) is 0 Å². The van der Waals surface area contributed by atoms with Crippen molar-refractivity contribution in [2.45, 2.75) is 0 Å². The first-order chi connectivity index (χ1) is 5.29. The van der Waals surface area contributed by atoms with Crippen molar-refractivity contribution in [3.63, 3.8) is 0 Å². The van der Waals surface area contributed by atoms with Crippen molar-refractivity contribution in [2.24, 2.45) is 10.7 Å². The van der Waals surface area contributed by atoms with Gasteiger partial charge in [-0.3, -0.25) is 0 Å². The number of hydrogen-bond acceptors (Lipinski definition) is 4. The van der Waals surface area contributed by atoms with Crippen molar-refractivity contribution in [2.75, 3.05) is 7.11 Å². The largest absolute Gasteiger partial charge is 0.433 e. The van der Waals surface area contributed by atoms with E-state index in [0.717, 1.165) is 0 Å². The minimum atomic E-state index is 0.211. The zero-order valence-electron chi connectivity index (χ0n) is 5.96. The fraction of sp³-hybridized carbons (Fsp3) is 0.143. The summed E-state index contributed by atoms with van der Waals surface area (Å²) in [5.74, 6) is 0.498. The van der Waals surface area contributed by atoms with Crippen LogP contribution in [0.2, 0.25) is 0 Å². The number of aliphatic imine (C=N–C) groups is 1. The smallest absolute Gasteiger partial charge is 0.327 e. The Bertz CT molecular complexity index is 293. The molecule has 1 aliphatic heterocycles. The molecule has 0 amide bonds. The molecule has 4 heteroatoms. The average molecular weight is 148 g/mol. The number of methoxy groups -OCH3 is 1. The predicted octanol–water partition coefficient (Wildman–Crippen LogP) is 0.0982. The Hall–Kier alpha value is -1.85. The molecule has 1 aliphatic rings. The van der Waals surface area contributed by atoms with E-state index in [4.69, 9.17) is 15.7 Å². The quantitative estimate of drug-likeness (QED) is 0.536. The number of nitrogens with two attached hydrogens (primary N) is 1. The Morgan fingerprint density at radius 1 is 1.82 bits per heavy atom. The van der Waals surface area contributed by atoms with E-state index >= 15 is 0 Å². The maximum atomic E-state index is 8.53. The number of ether oxygens (including phenoxy) is 1. The lowest BCUT2D eigenvalue weighted by atomic mass is 10.2. The zero-order valence-corrected chi connectivity index (χ0v) is 5.96. The second kappa shape index (κ2) is 2.82. The van der Waals surface area contributed by atoms with Crippen LogP contribution in [0.1, 0.15) is 0 Å². The molecule has 0 aromatic heterocycles. The molecule has 0 aromatic rings. The lowest BCUT2D eigenvalue weighted by molar-refractivity contribution is 0.311. The van der Waals surface area contributed by atoms with E-state index in [1.165, 1.54) is 13.3 Å². The van der Waals surface area contributed by atoms with Gasteiger partial charge in [-0.25, -0.2) is 0 Å². The normalized spacial score (nSPS) is 15.1. The summed E-state index contributed by atoms with van der Waals surface area (Å²) in [5, 5.41) is 8.53. The summed E-state index contributed by atoms with van der Waals surface area (Å²) in [4.78, 5) is 3.70. The second-order valence-corrected chi connectivity index (χ2v) is 1.81. The van der Waals surface area contributed by atoms with Crippen molar-refractivity contribution in [3.05, 3.63) is 23.6 Å². The molecule has 0 unspecified atom stereocenters. The van der Waals surface area contributed by atoms with Crippen LogP contribution >= 0.6 is 0 Å². The van der Waals surface area contributed by atoms with Gasteiger partial charge in [0.25, 0.3) is 11.8 Å². The zero-order chi connectivity index (χ0) is 8.27. The molecule has 4 nitrogen and oxygen atoms in total. The van der Waals surface area contributed by atoms with E-state index in [0.29, 0.717) is 0 Å². The molecule has 2 N–H and O–H groups in total. The third-order valence-electron chi connectivity index (χ3n) is 1.19. The number of hydrogen-bond donors (Lipinski definition) is 1. The maximum Gasteiger partial charge on any atom is 0.327 e. The monoisotopic (exact) mass is 148 g/mol. The Labute approximate surface area is 64.3 Å². The number of rotatable bonds is 1. The molecule has 54 valence electrons. The Balaban J connectivity index is 3.14. The molecule has 0 saturated carbocycles. The highest BCUT2D eigenvalue weighted by Gasteiger charge is 2.23. The van der Waals surface area contributed by atoms with Gasteiger partial charge < -0.3 is 10.5 Å². The van der Waals surface area contributed by atoms with Gasteiger partial charge in [0, 0.05) is 0 Å². The number of amidine groups is 1. The molecule has 0 aromatic carbocycles. The molecule has 1 heterocycles. The van der Waals surface area contributed by atoms with Crippen molar-refractivity contribution in [1.29, 1.82) is 5.26 Å². The van der Waals surface area contributed by atoms with Gasteiger partial charge in [-0.1, -0.05) is 5.26 Å². The van der Waals surface area contributed by atoms with E-state index in [1.54, 1.807) is 0 Å². The molecule has 0 atom stereocenters. The second-order valence-electron chi connectivity index (χ2n) is 1.81. The maximum absolute atomic E-state index is 8.53. The number of nitrogens with zero attached hydrogens (tertiary/aromatic N) is 2. The van der Waals surface area contributed by atoms with Crippen LogP contribution in [0, 0.1) is 17.4 Å². The first-order valence-corrected chi connectivity index (χ1v) is 2.90. The van der Waals surface area contributed by atoms with E-state index < -0.39 is 0 Å². The highest BCUT2D eigenvalue weighted by Crippen LogP contribution is 2.09. The lowest BCUT2D eigenvalue weighted by Gasteiger charge is -1.98. The average Bonchev–Trinajstić information content (AvgIpc) is 2.04. The van der Waals surface area contributed by atoms with Crippen LogP contribution in [0.15, 0.2) is 22.5 Å². The first-order valence-electron chi connectivity index (χ1n) is 2.90. The van der Waals surface area contributed by atoms with Gasteiger partial charge in [0.05, 0.1) is 13.2 Å². The van der Waals surface area contributed by atoms with Crippen LogP contribution in [-0.2, 0) is 4.74 Å². The summed E-state index contributed by atoms with van der Waals surface area (Å²) < 4.78 is 4.83. The SMILES string of the molecule is COC1=C(C#N)[C+]=CN=C1N. The van der Waals surface area contributed by atoms with Crippen molar-refractivity contribution >= 4 is 5.84 Å². The van der Waals surface area contributed by atoms with Crippen LogP contribution in [0.4, 0.5) is 0 Å². The van der Waals surface area contributed by atoms with Crippen LogP contribution < -0.4 is 5.73 Å². The molecule has 0 saturated heterocycles. The molecule has 0 radical (unpaired) electrons. The Morgan fingerprint density at radius 3 is 3.00 bits per heavy atom. The first kappa shape index (κ1) is 7.26. The molecule has 0 fully saturated rings. The van der Waals surface area contributed by atoms with Gasteiger partial charge in [-0.05, 0) is 0 Å². The van der Waals surface area contributed by atoms with Crippen molar-refractivity contribution < 1.29 is 4.74 Å². The van der Waals surface area contributed by atoms with Gasteiger partial charge in [0.2, 0.25) is 5.84 Å². The minimum Gasteiger partial charge on any atom is -0.433 e. The van der Waals surface area contributed by atoms with E-state index in [-0.39, 0.29) is 17.2 Å². The Kier molecular flexibility index (Phi) is 1.86. The fourth-order valence-electron chi connectivity index (χ4n) is 0.708. The van der Waals surface area contributed by atoms with E-state index in [9.17, 15) is 0 Å². The summed E-state index contributed by atoms with van der Waals surface area (Å²) in [5.41, 5.74) is 5.68. The highest BCUT2D eigenvalue weighted by molar-refractivity contribution is 5.97. The van der Waals surface area contributed by atoms with Crippen LogP contribution in [-0.4, -0.2) is 12.9 Å². The van der Waals surface area contributed by atoms with Gasteiger partial charge >= 0.3 is 5.57 Å². The molecule has 11 heavy (non-hydrogen) atoms. The van der Waals surface area contributed by atoms with Gasteiger partial charge in [-0.2, -0.15) is 4.99 Å². The van der Waals surface area contributed by atoms with Gasteiger partial charge in [0.1, 0.15) is 6.20 Å². The van der Waals surface area contributed by atoms with Crippen LogP contribution in [0.5, 0.6) is 0 Å². The fourth-order valence-corrected chi connectivity index (χ4v) is 0.708. The molecular formula is C7H6N3O+. The number of nitriles is 1. The van der Waals surface area contributed by atoms with Gasteiger partial charge in [-0.15, -0.1) is 0 Å². The molecule has 0 bridgehead atoms. The third kappa shape index (κ3) is 1.18. The topological polar surface area (TPSA) is 71.4 Å². The number of allylic oxidation sites excluding steroid dienone is 2. The molecule has 0 spiro atoms. The summed E-state index contributed by atoms with van der Waals surface area (Å²) in [7, 11) is 1.43. The summed E-state index contributed by atoms with van der Waals surface area (Å²) >= 11 is 0. The van der Waals surface area contributed by atoms with Gasteiger partial charge in [0.15, 0.2) is 0 Å². The van der Waals surface area contributed by atoms with Crippen molar-refractivity contribution in [3.8, 4) is 6.07 Å². The van der Waals surface area contributed by atoms with Crippen LogP contribution in [0.3, 0.4) is 0 Å². The standard InChI is InChI=1S/C7H6N3O/c1-11-6-5(4-8)2-3-10-7(6)9/h3H,1H3,(H2,9,10)/q+1. The molecule has 1 rings (SSSR count). The summed E-state index contributed by atoms with van der Waals surface area (Å²) in [6, 6.07) is 1.89. The lowest BCUT2D eigenvalue weighted by Crippen LogP contribution is -2.18. The third-order valence-corrected chi connectivity index (χ3v) is 1.19. The predicted molar refractivity (Wildman–Crippen MR) is 39.1 cm³/mol. The summed E-state index contributed by atoms with van der Waals surface area (Å²) in [6.45, 7) is 0. The Morgan fingerprint density at radius 2 is 2.55 bits per heavy atom. The van der Waals surface area contributed by atoms with Crippen molar-refractivity contribution in [1.82, 2.24) is 0 Å².